The first kappa shape index (κ1) is 16.8. The molecule has 0 aromatic carbocycles. The second-order valence-electron chi connectivity index (χ2n) is 4.20. The molecule has 0 fully saturated rings. The SMILES string of the molecule is CC(C)CC(=O)NC(SC1=NCCS1)C(Cl)(Cl)Cl. The number of hydrogen-bond donors (Lipinski definition) is 1. The van der Waals surface area contributed by atoms with Crippen LogP contribution in [0.5, 0.6) is 0 Å². The molecule has 1 aliphatic rings. The standard InChI is InChI=1S/C10H15Cl3N2OS2/c1-6(2)5-7(16)15-8(10(11,12)13)18-9-14-3-4-17-9/h6,8H,3-5H2,1-2H3,(H,15,16). The molecular formula is C10H15Cl3N2OS2. The quantitative estimate of drug-likeness (QED) is 0.622. The van der Waals surface area contributed by atoms with E-state index < -0.39 is 9.17 Å². The molecule has 0 radical (unpaired) electrons. The molecule has 1 heterocycles. The second kappa shape index (κ2) is 7.48. The summed E-state index contributed by atoms with van der Waals surface area (Å²) in [5.74, 6) is 1.09. The van der Waals surface area contributed by atoms with E-state index in [0.29, 0.717) is 6.42 Å². The second-order valence-corrected chi connectivity index (χ2v) is 9.01. The number of alkyl halides is 3. The van der Waals surface area contributed by atoms with Crippen LogP contribution >= 0.6 is 58.3 Å². The minimum absolute atomic E-state index is 0.113. The van der Waals surface area contributed by atoms with Gasteiger partial charge in [-0.25, -0.2) is 0 Å². The lowest BCUT2D eigenvalue weighted by molar-refractivity contribution is -0.121. The van der Waals surface area contributed by atoms with Gasteiger partial charge in [-0.2, -0.15) is 0 Å². The first-order valence-electron chi connectivity index (χ1n) is 5.49. The molecule has 0 aromatic rings. The van der Waals surface area contributed by atoms with Gasteiger partial charge in [-0.15, -0.1) is 0 Å². The summed E-state index contributed by atoms with van der Waals surface area (Å²) in [6, 6.07) is 0. The summed E-state index contributed by atoms with van der Waals surface area (Å²) in [4.78, 5) is 16.0. The highest BCUT2D eigenvalue weighted by Gasteiger charge is 2.36. The van der Waals surface area contributed by atoms with E-state index in [-0.39, 0.29) is 11.8 Å². The van der Waals surface area contributed by atoms with Crippen molar-refractivity contribution in [1.82, 2.24) is 5.32 Å². The van der Waals surface area contributed by atoms with Crippen molar-refractivity contribution < 1.29 is 4.79 Å². The van der Waals surface area contributed by atoms with Crippen molar-refractivity contribution in [3.05, 3.63) is 0 Å². The lowest BCUT2D eigenvalue weighted by atomic mass is 10.1. The first-order chi connectivity index (χ1) is 8.29. The fraction of sp³-hybridized carbons (Fsp3) is 0.800. The Morgan fingerprint density at radius 2 is 2.22 bits per heavy atom. The van der Waals surface area contributed by atoms with E-state index >= 15 is 0 Å². The van der Waals surface area contributed by atoms with Crippen LogP contribution in [0.4, 0.5) is 0 Å². The molecule has 0 saturated carbocycles. The Kier molecular flexibility index (Phi) is 6.97. The zero-order valence-corrected chi connectivity index (χ0v) is 14.0. The largest absolute Gasteiger partial charge is 0.340 e. The normalized spacial score (nSPS) is 17.8. The molecule has 1 unspecified atom stereocenters. The highest BCUT2D eigenvalue weighted by atomic mass is 35.6. The number of carbonyl (C=O) groups excluding carboxylic acids is 1. The van der Waals surface area contributed by atoms with E-state index in [9.17, 15) is 4.79 Å². The number of rotatable bonds is 4. The van der Waals surface area contributed by atoms with Gasteiger partial charge in [0, 0.05) is 12.2 Å². The highest BCUT2D eigenvalue weighted by Crippen LogP contribution is 2.39. The fourth-order valence-corrected chi connectivity index (χ4v) is 3.85. The van der Waals surface area contributed by atoms with E-state index in [2.05, 4.69) is 10.3 Å². The number of aliphatic imine (C=N–C) groups is 1. The van der Waals surface area contributed by atoms with Crippen LogP contribution in [0.2, 0.25) is 0 Å². The molecular weight excluding hydrogens is 335 g/mol. The molecule has 1 atom stereocenters. The molecule has 18 heavy (non-hydrogen) atoms. The molecule has 1 rings (SSSR count). The third kappa shape index (κ3) is 6.24. The number of hydrogen-bond acceptors (Lipinski definition) is 4. The van der Waals surface area contributed by atoms with Crippen molar-refractivity contribution in [1.29, 1.82) is 0 Å². The van der Waals surface area contributed by atoms with Crippen molar-refractivity contribution in [2.75, 3.05) is 12.3 Å². The maximum Gasteiger partial charge on any atom is 0.221 e. The lowest BCUT2D eigenvalue weighted by Gasteiger charge is -2.25. The van der Waals surface area contributed by atoms with E-state index in [1.807, 2.05) is 13.8 Å². The lowest BCUT2D eigenvalue weighted by Crippen LogP contribution is -2.42. The number of thioether (sulfide) groups is 2. The fourth-order valence-electron chi connectivity index (χ4n) is 1.24. The topological polar surface area (TPSA) is 41.5 Å². The number of nitrogens with zero attached hydrogens (tertiary/aromatic N) is 1. The Morgan fingerprint density at radius 1 is 1.56 bits per heavy atom. The smallest absolute Gasteiger partial charge is 0.221 e. The van der Waals surface area contributed by atoms with Gasteiger partial charge in [-0.1, -0.05) is 72.2 Å². The average molecular weight is 350 g/mol. The van der Waals surface area contributed by atoms with Gasteiger partial charge in [0.25, 0.3) is 0 Å². The first-order valence-corrected chi connectivity index (χ1v) is 8.49. The number of nitrogens with one attached hydrogen (secondary N) is 1. The molecule has 0 aromatic heterocycles. The Balaban J connectivity index is 2.58. The van der Waals surface area contributed by atoms with E-state index in [1.54, 1.807) is 11.8 Å². The third-order valence-electron chi connectivity index (χ3n) is 1.96. The van der Waals surface area contributed by atoms with Crippen LogP contribution in [-0.2, 0) is 4.79 Å². The van der Waals surface area contributed by atoms with Gasteiger partial charge in [0.05, 0.1) is 6.54 Å². The number of halogens is 3. The predicted molar refractivity (Wildman–Crippen MR) is 84.0 cm³/mol. The summed E-state index contributed by atoms with van der Waals surface area (Å²) in [6.45, 7) is 4.71. The molecule has 104 valence electrons. The van der Waals surface area contributed by atoms with Crippen molar-refractivity contribution in [3.8, 4) is 0 Å². The molecule has 1 amide bonds. The molecule has 8 heteroatoms. The van der Waals surface area contributed by atoms with Crippen LogP contribution in [-0.4, -0.2) is 31.7 Å². The molecule has 1 aliphatic heterocycles. The summed E-state index contributed by atoms with van der Waals surface area (Å²) in [5.41, 5.74) is 0. The van der Waals surface area contributed by atoms with Crippen LogP contribution in [0.25, 0.3) is 0 Å². The van der Waals surface area contributed by atoms with Crippen LogP contribution < -0.4 is 5.32 Å². The minimum atomic E-state index is -1.55. The van der Waals surface area contributed by atoms with Gasteiger partial charge >= 0.3 is 0 Å². The summed E-state index contributed by atoms with van der Waals surface area (Å²) < 4.78 is -0.695. The average Bonchev–Trinajstić information content (AvgIpc) is 2.66. The van der Waals surface area contributed by atoms with Crippen molar-refractivity contribution in [2.45, 2.75) is 29.4 Å². The Bertz CT molecular complexity index is 332. The monoisotopic (exact) mass is 348 g/mol. The van der Waals surface area contributed by atoms with Gasteiger partial charge in [0.2, 0.25) is 9.70 Å². The minimum Gasteiger partial charge on any atom is -0.340 e. The van der Waals surface area contributed by atoms with Gasteiger partial charge in [0.1, 0.15) is 9.75 Å². The maximum atomic E-state index is 11.7. The predicted octanol–water partition coefficient (Wildman–Crippen LogP) is 3.68. The Morgan fingerprint density at radius 3 is 2.67 bits per heavy atom. The van der Waals surface area contributed by atoms with Gasteiger partial charge in [0.15, 0.2) is 0 Å². The van der Waals surface area contributed by atoms with E-state index in [1.165, 1.54) is 11.8 Å². The third-order valence-corrected chi connectivity index (χ3v) is 5.45. The molecule has 0 aliphatic carbocycles. The summed E-state index contributed by atoms with van der Waals surface area (Å²) in [7, 11) is 0. The maximum absolute atomic E-state index is 11.7. The molecule has 0 saturated heterocycles. The highest BCUT2D eigenvalue weighted by molar-refractivity contribution is 8.39. The van der Waals surface area contributed by atoms with Crippen LogP contribution in [0.15, 0.2) is 4.99 Å². The van der Waals surface area contributed by atoms with Gasteiger partial charge < -0.3 is 5.32 Å². The van der Waals surface area contributed by atoms with Gasteiger partial charge in [-0.3, -0.25) is 9.79 Å². The molecule has 0 bridgehead atoms. The molecule has 3 nitrogen and oxygen atoms in total. The zero-order chi connectivity index (χ0) is 13.8. The zero-order valence-electron chi connectivity index (χ0n) is 10.1. The summed E-state index contributed by atoms with van der Waals surface area (Å²) in [5, 5.41) is 2.14. The number of amides is 1. The van der Waals surface area contributed by atoms with Crippen molar-refractivity contribution >= 4 is 68.6 Å². The van der Waals surface area contributed by atoms with Crippen LogP contribution in [0, 0.1) is 5.92 Å². The Hall–Kier alpha value is 0.710. The summed E-state index contributed by atoms with van der Waals surface area (Å²) >= 11 is 20.6. The van der Waals surface area contributed by atoms with E-state index in [4.69, 9.17) is 34.8 Å². The van der Waals surface area contributed by atoms with Gasteiger partial charge in [-0.05, 0) is 5.92 Å². The van der Waals surface area contributed by atoms with E-state index in [0.717, 1.165) is 16.7 Å². The molecule has 0 spiro atoms. The Labute approximate surface area is 131 Å². The van der Waals surface area contributed by atoms with Crippen molar-refractivity contribution in [3.63, 3.8) is 0 Å². The summed E-state index contributed by atoms with van der Waals surface area (Å²) in [6.07, 6.45) is 0.414. The molecule has 1 N–H and O–H groups in total. The van der Waals surface area contributed by atoms with Crippen LogP contribution in [0.1, 0.15) is 20.3 Å². The van der Waals surface area contributed by atoms with Crippen molar-refractivity contribution in [2.24, 2.45) is 10.9 Å². The number of carbonyl (C=O) groups is 1. The van der Waals surface area contributed by atoms with Crippen LogP contribution in [0.3, 0.4) is 0 Å².